The van der Waals surface area contributed by atoms with Crippen LogP contribution in [-0.2, 0) is 5.41 Å². The fourth-order valence-corrected chi connectivity index (χ4v) is 3.37. The Morgan fingerprint density at radius 3 is 2.06 bits per heavy atom. The molecule has 0 aliphatic heterocycles. The minimum atomic E-state index is 0.0622. The Balaban J connectivity index is 2.69. The van der Waals surface area contributed by atoms with Gasteiger partial charge in [0.1, 0.15) is 0 Å². The van der Waals surface area contributed by atoms with Gasteiger partial charge in [-0.2, -0.15) is 0 Å². The Bertz CT molecular complexity index is 370. The number of unbranched alkanes of at least 4 members (excludes halogenated alkanes) is 4. The lowest BCUT2D eigenvalue weighted by molar-refractivity contribution is 0.373. The number of hydrogen-bond acceptors (Lipinski definition) is 2. The van der Waals surface area contributed by atoms with Gasteiger partial charge in [0.2, 0.25) is 0 Å². The zero-order valence-corrected chi connectivity index (χ0v) is 12.9. The van der Waals surface area contributed by atoms with E-state index in [2.05, 4.69) is 25.1 Å². The van der Waals surface area contributed by atoms with Crippen LogP contribution >= 0.6 is 11.5 Å². The minimum Gasteiger partial charge on any atom is -0.278 e. The van der Waals surface area contributed by atoms with Crippen LogP contribution in [0.3, 0.4) is 0 Å². The van der Waals surface area contributed by atoms with E-state index in [0.717, 1.165) is 0 Å². The van der Waals surface area contributed by atoms with E-state index >= 15 is 0 Å². The molecule has 1 heterocycles. The van der Waals surface area contributed by atoms with Crippen molar-refractivity contribution in [3.63, 3.8) is 0 Å². The number of nitrogens with one attached hydrogen (secondary N) is 1. The molecule has 2 nitrogen and oxygen atoms in total. The summed E-state index contributed by atoms with van der Waals surface area (Å²) in [4.78, 5) is 12.6. The first-order valence-corrected chi connectivity index (χ1v) is 8.13. The maximum atomic E-state index is 11.4. The SMILES string of the molecule is CCCCCC(C)(CCCCC)c1cc(=O)[nH]s1. The summed E-state index contributed by atoms with van der Waals surface area (Å²) in [6, 6.07) is 1.81. The molecule has 1 aromatic rings. The highest BCUT2D eigenvalue weighted by atomic mass is 32.1. The molecule has 0 fully saturated rings. The molecule has 104 valence electrons. The highest BCUT2D eigenvalue weighted by Gasteiger charge is 2.27. The largest absolute Gasteiger partial charge is 0.278 e. The van der Waals surface area contributed by atoms with Crippen molar-refractivity contribution >= 4 is 11.5 Å². The quantitative estimate of drug-likeness (QED) is 0.638. The normalized spacial score (nSPS) is 11.9. The van der Waals surface area contributed by atoms with Gasteiger partial charge in [0.15, 0.2) is 0 Å². The van der Waals surface area contributed by atoms with Gasteiger partial charge in [0.05, 0.1) is 0 Å². The summed E-state index contributed by atoms with van der Waals surface area (Å²) in [5.41, 5.74) is 0.265. The molecule has 0 spiro atoms. The van der Waals surface area contributed by atoms with E-state index in [1.165, 1.54) is 67.8 Å². The van der Waals surface area contributed by atoms with E-state index in [4.69, 9.17) is 0 Å². The first kappa shape index (κ1) is 15.5. The molecule has 1 N–H and O–H groups in total. The average molecular weight is 269 g/mol. The molecule has 1 rings (SSSR count). The first-order valence-electron chi connectivity index (χ1n) is 7.31. The standard InChI is InChI=1S/C15H27NOS/c1-4-6-8-10-15(3,11-9-7-5-2)13-12-14(17)16-18-13/h12H,4-11H2,1-3H3,(H,16,17). The highest BCUT2D eigenvalue weighted by Crippen LogP contribution is 2.36. The van der Waals surface area contributed by atoms with Gasteiger partial charge in [-0.3, -0.25) is 9.17 Å². The van der Waals surface area contributed by atoms with E-state index in [-0.39, 0.29) is 11.0 Å². The second kappa shape index (κ2) is 7.78. The molecule has 3 heteroatoms. The van der Waals surface area contributed by atoms with E-state index < -0.39 is 0 Å². The van der Waals surface area contributed by atoms with Crippen LogP contribution in [0.1, 0.15) is 77.0 Å². The molecule has 0 saturated carbocycles. The first-order chi connectivity index (χ1) is 8.62. The zero-order valence-electron chi connectivity index (χ0n) is 12.1. The number of aromatic nitrogens is 1. The molecule has 18 heavy (non-hydrogen) atoms. The Morgan fingerprint density at radius 2 is 1.67 bits per heavy atom. The van der Waals surface area contributed by atoms with Crippen LogP contribution in [-0.4, -0.2) is 4.37 Å². The van der Waals surface area contributed by atoms with Crippen LogP contribution in [0.2, 0.25) is 0 Å². The lowest BCUT2D eigenvalue weighted by Crippen LogP contribution is -2.21. The molecule has 0 bridgehead atoms. The molecule has 0 aliphatic carbocycles. The van der Waals surface area contributed by atoms with Crippen LogP contribution in [0.5, 0.6) is 0 Å². The molecule has 0 saturated heterocycles. The number of hydrogen-bond donors (Lipinski definition) is 1. The molecular formula is C15H27NOS. The third-order valence-corrected chi connectivity index (χ3v) is 4.92. The Hall–Kier alpha value is -0.570. The van der Waals surface area contributed by atoms with Gasteiger partial charge in [0, 0.05) is 16.4 Å². The molecular weight excluding hydrogens is 242 g/mol. The maximum absolute atomic E-state index is 11.4. The summed E-state index contributed by atoms with van der Waals surface area (Å²) < 4.78 is 2.84. The second-order valence-electron chi connectivity index (χ2n) is 5.55. The van der Waals surface area contributed by atoms with Gasteiger partial charge < -0.3 is 0 Å². The van der Waals surface area contributed by atoms with Crippen LogP contribution < -0.4 is 5.56 Å². The third kappa shape index (κ3) is 4.60. The summed E-state index contributed by atoms with van der Waals surface area (Å²) in [6.45, 7) is 6.81. The summed E-state index contributed by atoms with van der Waals surface area (Å²) in [5, 5.41) is 0. The second-order valence-corrected chi connectivity index (χ2v) is 6.40. The zero-order chi connectivity index (χ0) is 13.4. The van der Waals surface area contributed by atoms with Crippen molar-refractivity contribution in [1.82, 2.24) is 4.37 Å². The summed E-state index contributed by atoms with van der Waals surface area (Å²) in [7, 11) is 0. The van der Waals surface area contributed by atoms with Crippen molar-refractivity contribution in [2.24, 2.45) is 0 Å². The van der Waals surface area contributed by atoms with E-state index in [0.29, 0.717) is 0 Å². The van der Waals surface area contributed by atoms with Crippen LogP contribution in [0.25, 0.3) is 0 Å². The highest BCUT2D eigenvalue weighted by molar-refractivity contribution is 7.05. The third-order valence-electron chi connectivity index (χ3n) is 3.78. The predicted octanol–water partition coefficient (Wildman–Crippen LogP) is 4.85. The topological polar surface area (TPSA) is 32.9 Å². The van der Waals surface area contributed by atoms with Crippen molar-refractivity contribution in [2.75, 3.05) is 0 Å². The van der Waals surface area contributed by atoms with E-state index in [9.17, 15) is 4.79 Å². The monoisotopic (exact) mass is 269 g/mol. The number of aromatic amines is 1. The van der Waals surface area contributed by atoms with Crippen molar-refractivity contribution in [3.8, 4) is 0 Å². The Morgan fingerprint density at radius 1 is 1.11 bits per heavy atom. The lowest BCUT2D eigenvalue weighted by Gasteiger charge is -2.28. The van der Waals surface area contributed by atoms with Gasteiger partial charge in [-0.15, -0.1) is 0 Å². The van der Waals surface area contributed by atoms with Gasteiger partial charge >= 0.3 is 0 Å². The summed E-state index contributed by atoms with van der Waals surface area (Å²) in [6.07, 6.45) is 10.1. The van der Waals surface area contributed by atoms with E-state index in [1.54, 1.807) is 0 Å². The van der Waals surface area contributed by atoms with Gasteiger partial charge in [-0.05, 0) is 12.8 Å². The lowest BCUT2D eigenvalue weighted by atomic mass is 9.78. The van der Waals surface area contributed by atoms with Crippen molar-refractivity contribution in [3.05, 3.63) is 21.3 Å². The average Bonchev–Trinajstić information content (AvgIpc) is 2.77. The summed E-state index contributed by atoms with van der Waals surface area (Å²) in [5.74, 6) is 0. The molecule has 0 aromatic carbocycles. The van der Waals surface area contributed by atoms with E-state index in [1.807, 2.05) is 6.07 Å². The van der Waals surface area contributed by atoms with Crippen molar-refractivity contribution in [2.45, 2.75) is 77.6 Å². The Labute approximate surface area is 115 Å². The smallest absolute Gasteiger partial charge is 0.258 e. The van der Waals surface area contributed by atoms with Crippen LogP contribution in [0, 0.1) is 0 Å². The summed E-state index contributed by atoms with van der Waals surface area (Å²) >= 11 is 1.54. The number of rotatable bonds is 9. The predicted molar refractivity (Wildman–Crippen MR) is 80.6 cm³/mol. The molecule has 0 amide bonds. The molecule has 0 atom stereocenters. The molecule has 0 unspecified atom stereocenters. The number of H-pyrrole nitrogens is 1. The van der Waals surface area contributed by atoms with Crippen LogP contribution in [0.15, 0.2) is 10.9 Å². The Kier molecular flexibility index (Phi) is 6.69. The molecule has 0 aliphatic rings. The van der Waals surface area contributed by atoms with Crippen molar-refractivity contribution < 1.29 is 0 Å². The van der Waals surface area contributed by atoms with Crippen molar-refractivity contribution in [1.29, 1.82) is 0 Å². The van der Waals surface area contributed by atoms with Crippen LogP contribution in [0.4, 0.5) is 0 Å². The van der Waals surface area contributed by atoms with Gasteiger partial charge in [0.25, 0.3) is 5.56 Å². The minimum absolute atomic E-state index is 0.0622. The molecule has 0 radical (unpaired) electrons. The maximum Gasteiger partial charge on any atom is 0.258 e. The van der Waals surface area contributed by atoms with Gasteiger partial charge in [-0.1, -0.05) is 70.8 Å². The molecule has 1 aromatic heterocycles. The fraction of sp³-hybridized carbons (Fsp3) is 0.800. The van der Waals surface area contributed by atoms with Gasteiger partial charge in [-0.25, -0.2) is 0 Å². The fourth-order valence-electron chi connectivity index (χ4n) is 2.48.